The standard InChI is InChI=1S/C19H15BrN4/c1-12-2-4-14(5-3-12)17-11-19-22-16(10-18(21)24(19)23-17)13-6-8-15(20)9-7-13/h2-11H,21H2,1H3. The molecule has 2 N–H and O–H groups in total. The molecule has 4 nitrogen and oxygen atoms in total. The molecule has 0 bridgehead atoms. The molecule has 0 atom stereocenters. The average Bonchev–Trinajstić information content (AvgIpc) is 3.01. The first-order chi connectivity index (χ1) is 11.6. The van der Waals surface area contributed by atoms with Gasteiger partial charge in [0.15, 0.2) is 5.65 Å². The lowest BCUT2D eigenvalue weighted by atomic mass is 10.1. The Labute approximate surface area is 148 Å². The molecule has 0 spiro atoms. The molecule has 2 heterocycles. The largest absolute Gasteiger partial charge is 0.384 e. The lowest BCUT2D eigenvalue weighted by Gasteiger charge is -2.04. The Morgan fingerprint density at radius 2 is 1.50 bits per heavy atom. The summed E-state index contributed by atoms with van der Waals surface area (Å²) in [5.74, 6) is 0.566. The maximum Gasteiger partial charge on any atom is 0.158 e. The van der Waals surface area contributed by atoms with Crippen molar-refractivity contribution in [2.24, 2.45) is 0 Å². The van der Waals surface area contributed by atoms with Crippen LogP contribution in [0.3, 0.4) is 0 Å². The summed E-state index contributed by atoms with van der Waals surface area (Å²) in [6, 6.07) is 20.1. The Hall–Kier alpha value is -2.66. The van der Waals surface area contributed by atoms with Gasteiger partial charge in [-0.2, -0.15) is 9.61 Å². The summed E-state index contributed by atoms with van der Waals surface area (Å²) in [6.45, 7) is 2.07. The van der Waals surface area contributed by atoms with Gasteiger partial charge in [-0.25, -0.2) is 4.98 Å². The second-order valence-corrected chi connectivity index (χ2v) is 6.65. The maximum absolute atomic E-state index is 6.19. The van der Waals surface area contributed by atoms with Gasteiger partial charge in [-0.05, 0) is 19.1 Å². The van der Waals surface area contributed by atoms with Gasteiger partial charge in [0.2, 0.25) is 0 Å². The summed E-state index contributed by atoms with van der Waals surface area (Å²) in [4.78, 5) is 4.70. The molecule has 0 aliphatic heterocycles. The molecule has 0 saturated carbocycles. The fourth-order valence-electron chi connectivity index (χ4n) is 2.63. The SMILES string of the molecule is Cc1ccc(-c2cc3nc(-c4ccc(Br)cc4)cc(N)n3n2)cc1. The van der Waals surface area contributed by atoms with E-state index in [1.807, 2.05) is 36.4 Å². The molecule has 2 aromatic carbocycles. The van der Waals surface area contributed by atoms with Crippen LogP contribution in [0.2, 0.25) is 0 Å². The van der Waals surface area contributed by atoms with Crippen molar-refractivity contribution >= 4 is 27.4 Å². The molecule has 0 aliphatic rings. The van der Waals surface area contributed by atoms with Gasteiger partial charge in [-0.3, -0.25) is 0 Å². The predicted molar refractivity (Wildman–Crippen MR) is 101 cm³/mol. The lowest BCUT2D eigenvalue weighted by Crippen LogP contribution is -2.01. The topological polar surface area (TPSA) is 56.2 Å². The van der Waals surface area contributed by atoms with Gasteiger partial charge in [-0.1, -0.05) is 57.9 Å². The summed E-state index contributed by atoms with van der Waals surface area (Å²) >= 11 is 3.45. The van der Waals surface area contributed by atoms with Gasteiger partial charge in [0.25, 0.3) is 0 Å². The van der Waals surface area contributed by atoms with Crippen LogP contribution in [-0.4, -0.2) is 14.6 Å². The smallest absolute Gasteiger partial charge is 0.158 e. The van der Waals surface area contributed by atoms with Crippen LogP contribution in [0.4, 0.5) is 5.82 Å². The Kier molecular flexibility index (Phi) is 3.58. The average molecular weight is 379 g/mol. The Morgan fingerprint density at radius 3 is 2.21 bits per heavy atom. The van der Waals surface area contributed by atoms with Gasteiger partial charge >= 0.3 is 0 Å². The Morgan fingerprint density at radius 1 is 0.875 bits per heavy atom. The van der Waals surface area contributed by atoms with Gasteiger partial charge in [0.1, 0.15) is 5.82 Å². The lowest BCUT2D eigenvalue weighted by molar-refractivity contribution is 0.957. The van der Waals surface area contributed by atoms with E-state index in [4.69, 9.17) is 10.7 Å². The van der Waals surface area contributed by atoms with Crippen LogP contribution >= 0.6 is 15.9 Å². The third-order valence-corrected chi connectivity index (χ3v) is 4.47. The quantitative estimate of drug-likeness (QED) is 0.549. The second kappa shape index (κ2) is 5.76. The highest BCUT2D eigenvalue weighted by Gasteiger charge is 2.10. The monoisotopic (exact) mass is 378 g/mol. The van der Waals surface area contributed by atoms with E-state index < -0.39 is 0 Å². The van der Waals surface area contributed by atoms with Crippen molar-refractivity contribution in [3.8, 4) is 22.5 Å². The first-order valence-corrected chi connectivity index (χ1v) is 8.39. The molecule has 0 aliphatic carbocycles. The van der Waals surface area contributed by atoms with E-state index in [1.165, 1.54) is 5.56 Å². The number of hydrogen-bond acceptors (Lipinski definition) is 3. The molecule has 4 rings (SSSR count). The highest BCUT2D eigenvalue weighted by Crippen LogP contribution is 2.25. The van der Waals surface area contributed by atoms with Crippen LogP contribution in [0.25, 0.3) is 28.2 Å². The zero-order valence-corrected chi connectivity index (χ0v) is 14.7. The van der Waals surface area contributed by atoms with Crippen LogP contribution in [0.1, 0.15) is 5.56 Å². The van der Waals surface area contributed by atoms with Gasteiger partial charge in [-0.15, -0.1) is 0 Å². The van der Waals surface area contributed by atoms with E-state index in [9.17, 15) is 0 Å². The minimum absolute atomic E-state index is 0.566. The molecule has 0 fully saturated rings. The van der Waals surface area contributed by atoms with Crippen molar-refractivity contribution < 1.29 is 0 Å². The van der Waals surface area contributed by atoms with Crippen molar-refractivity contribution in [2.45, 2.75) is 6.92 Å². The van der Waals surface area contributed by atoms with Gasteiger partial charge in [0.05, 0.1) is 11.4 Å². The molecule has 24 heavy (non-hydrogen) atoms. The number of anilines is 1. The van der Waals surface area contributed by atoms with Crippen LogP contribution < -0.4 is 5.73 Å². The number of fused-ring (bicyclic) bond motifs is 1. The molecule has 2 aromatic heterocycles. The summed E-state index contributed by atoms with van der Waals surface area (Å²) in [6.07, 6.45) is 0. The third kappa shape index (κ3) is 2.67. The van der Waals surface area contributed by atoms with Gasteiger partial charge < -0.3 is 5.73 Å². The van der Waals surface area contributed by atoms with Crippen molar-refractivity contribution in [3.63, 3.8) is 0 Å². The van der Waals surface area contributed by atoms with Crippen molar-refractivity contribution in [3.05, 3.63) is 70.7 Å². The summed E-state index contributed by atoms with van der Waals surface area (Å²) in [7, 11) is 0. The van der Waals surface area contributed by atoms with E-state index >= 15 is 0 Å². The number of benzene rings is 2. The molecular weight excluding hydrogens is 364 g/mol. The van der Waals surface area contributed by atoms with E-state index in [0.717, 1.165) is 32.6 Å². The number of hydrogen-bond donors (Lipinski definition) is 1. The highest BCUT2D eigenvalue weighted by molar-refractivity contribution is 9.10. The van der Waals surface area contributed by atoms with Crippen LogP contribution in [0.15, 0.2) is 65.1 Å². The van der Waals surface area contributed by atoms with Crippen molar-refractivity contribution in [1.29, 1.82) is 0 Å². The Bertz CT molecular complexity index is 1020. The molecule has 0 unspecified atom stereocenters. The molecule has 4 aromatic rings. The fraction of sp³-hybridized carbons (Fsp3) is 0.0526. The second-order valence-electron chi connectivity index (χ2n) is 5.74. The first-order valence-electron chi connectivity index (χ1n) is 7.59. The van der Waals surface area contributed by atoms with Crippen molar-refractivity contribution in [1.82, 2.24) is 14.6 Å². The molecular formula is C19H15BrN4. The van der Waals surface area contributed by atoms with Crippen molar-refractivity contribution in [2.75, 3.05) is 5.73 Å². The number of nitrogens with two attached hydrogens (primary N) is 1. The highest BCUT2D eigenvalue weighted by atomic mass is 79.9. The van der Waals surface area contributed by atoms with E-state index in [0.29, 0.717) is 5.82 Å². The number of aromatic nitrogens is 3. The zero-order valence-electron chi connectivity index (χ0n) is 13.1. The van der Waals surface area contributed by atoms with E-state index in [2.05, 4.69) is 52.2 Å². The summed E-state index contributed by atoms with van der Waals surface area (Å²) in [5, 5.41) is 4.58. The Balaban J connectivity index is 1.83. The minimum Gasteiger partial charge on any atom is -0.384 e. The van der Waals surface area contributed by atoms with E-state index in [-0.39, 0.29) is 0 Å². The number of halogens is 1. The number of nitrogen functional groups attached to an aromatic ring is 1. The normalized spacial score (nSPS) is 11.1. The van der Waals surface area contributed by atoms with Crippen LogP contribution in [-0.2, 0) is 0 Å². The molecule has 0 saturated heterocycles. The molecule has 118 valence electrons. The number of rotatable bonds is 2. The zero-order chi connectivity index (χ0) is 16.7. The predicted octanol–water partition coefficient (Wildman–Crippen LogP) is 4.72. The third-order valence-electron chi connectivity index (χ3n) is 3.94. The molecule has 0 radical (unpaired) electrons. The van der Waals surface area contributed by atoms with Gasteiger partial charge in [0, 0.05) is 27.7 Å². The van der Waals surface area contributed by atoms with E-state index in [1.54, 1.807) is 4.52 Å². The summed E-state index contributed by atoms with van der Waals surface area (Å²) < 4.78 is 2.71. The minimum atomic E-state index is 0.566. The first kappa shape index (κ1) is 14.9. The number of aryl methyl sites for hydroxylation is 1. The van der Waals surface area contributed by atoms with Crippen LogP contribution in [0, 0.1) is 6.92 Å². The van der Waals surface area contributed by atoms with Crippen LogP contribution in [0.5, 0.6) is 0 Å². The maximum atomic E-state index is 6.19. The molecule has 0 amide bonds. The fourth-order valence-corrected chi connectivity index (χ4v) is 2.90. The number of nitrogens with zero attached hydrogens (tertiary/aromatic N) is 3. The summed E-state index contributed by atoms with van der Waals surface area (Å²) in [5.41, 5.74) is 11.9. The molecule has 5 heteroatoms.